The SMILES string of the molecule is Cc1c(NC(=O)c2ccc(CN(c3cccc(Cl)c3)S(C)(=O)=O)cc2)c(=O)n(-c2ccccc2)n1C. The van der Waals surface area contributed by atoms with E-state index < -0.39 is 15.9 Å². The number of carbonyl (C=O) groups excluding carboxylic acids is 1. The minimum absolute atomic E-state index is 0.0701. The van der Waals surface area contributed by atoms with Crippen molar-refractivity contribution in [1.29, 1.82) is 0 Å². The molecule has 0 unspecified atom stereocenters. The van der Waals surface area contributed by atoms with Crippen LogP contribution in [-0.4, -0.2) is 29.9 Å². The van der Waals surface area contributed by atoms with Gasteiger partial charge in [-0.15, -0.1) is 0 Å². The van der Waals surface area contributed by atoms with Gasteiger partial charge in [-0.1, -0.05) is 48.0 Å². The Kier molecular flexibility index (Phi) is 7.05. The summed E-state index contributed by atoms with van der Waals surface area (Å²) in [6.45, 7) is 1.83. The lowest BCUT2D eigenvalue weighted by Crippen LogP contribution is -2.29. The Labute approximate surface area is 214 Å². The van der Waals surface area contributed by atoms with Crippen molar-refractivity contribution in [2.75, 3.05) is 15.9 Å². The number of rotatable bonds is 7. The first-order valence-electron chi connectivity index (χ1n) is 11.0. The maximum Gasteiger partial charge on any atom is 0.295 e. The molecule has 0 atom stereocenters. The van der Waals surface area contributed by atoms with Gasteiger partial charge in [-0.2, -0.15) is 0 Å². The zero-order valence-electron chi connectivity index (χ0n) is 20.0. The van der Waals surface area contributed by atoms with E-state index in [1.807, 2.05) is 30.3 Å². The van der Waals surface area contributed by atoms with Crippen LogP contribution in [0.25, 0.3) is 5.69 Å². The number of nitrogens with one attached hydrogen (secondary N) is 1. The number of hydrogen-bond acceptors (Lipinski definition) is 4. The van der Waals surface area contributed by atoms with Crippen LogP contribution in [-0.2, 0) is 23.6 Å². The molecule has 36 heavy (non-hydrogen) atoms. The van der Waals surface area contributed by atoms with Crippen LogP contribution in [0, 0.1) is 6.92 Å². The number of halogens is 1. The van der Waals surface area contributed by atoms with Crippen molar-refractivity contribution in [2.45, 2.75) is 13.5 Å². The van der Waals surface area contributed by atoms with E-state index in [0.717, 1.165) is 6.26 Å². The second-order valence-corrected chi connectivity index (χ2v) is 10.7. The van der Waals surface area contributed by atoms with Crippen molar-refractivity contribution in [2.24, 2.45) is 7.05 Å². The number of anilines is 2. The van der Waals surface area contributed by atoms with Crippen LogP contribution < -0.4 is 15.2 Å². The topological polar surface area (TPSA) is 93.4 Å². The van der Waals surface area contributed by atoms with Crippen molar-refractivity contribution < 1.29 is 13.2 Å². The molecule has 0 bridgehead atoms. The summed E-state index contributed by atoms with van der Waals surface area (Å²) in [5.74, 6) is -0.442. The van der Waals surface area contributed by atoms with Crippen LogP contribution in [0.5, 0.6) is 0 Å². The minimum Gasteiger partial charge on any atom is -0.316 e. The summed E-state index contributed by atoms with van der Waals surface area (Å²) in [4.78, 5) is 26.0. The molecule has 4 aromatic rings. The maximum atomic E-state index is 13.1. The molecule has 0 aliphatic heterocycles. The molecule has 3 aromatic carbocycles. The number of aromatic nitrogens is 2. The molecule has 1 heterocycles. The molecular weight excluding hydrogens is 500 g/mol. The predicted octanol–water partition coefficient (Wildman–Crippen LogP) is 4.36. The van der Waals surface area contributed by atoms with Crippen LogP contribution >= 0.6 is 11.6 Å². The van der Waals surface area contributed by atoms with E-state index in [0.29, 0.717) is 33.2 Å². The highest BCUT2D eigenvalue weighted by atomic mass is 35.5. The molecule has 186 valence electrons. The second kappa shape index (κ2) is 10.0. The van der Waals surface area contributed by atoms with Crippen molar-refractivity contribution >= 4 is 38.9 Å². The summed E-state index contributed by atoms with van der Waals surface area (Å²) in [5.41, 5.74) is 2.62. The third-order valence-corrected chi connectivity index (χ3v) is 7.21. The van der Waals surface area contributed by atoms with Gasteiger partial charge < -0.3 is 5.32 Å². The van der Waals surface area contributed by atoms with Crippen molar-refractivity contribution in [3.8, 4) is 5.69 Å². The molecule has 0 radical (unpaired) electrons. The van der Waals surface area contributed by atoms with Gasteiger partial charge in [-0.25, -0.2) is 13.1 Å². The van der Waals surface area contributed by atoms with Gasteiger partial charge in [-0.05, 0) is 55.0 Å². The Morgan fingerprint density at radius 1 is 1.00 bits per heavy atom. The Morgan fingerprint density at radius 2 is 1.67 bits per heavy atom. The Hall–Kier alpha value is -3.82. The Balaban J connectivity index is 1.56. The number of carbonyl (C=O) groups is 1. The zero-order valence-corrected chi connectivity index (χ0v) is 21.5. The number of sulfonamides is 1. The monoisotopic (exact) mass is 524 g/mol. The van der Waals surface area contributed by atoms with Gasteiger partial charge in [0.25, 0.3) is 11.5 Å². The van der Waals surface area contributed by atoms with Crippen LogP contribution in [0.2, 0.25) is 5.02 Å². The molecule has 8 nitrogen and oxygen atoms in total. The summed E-state index contributed by atoms with van der Waals surface area (Å²) in [7, 11) is -1.83. The van der Waals surface area contributed by atoms with Crippen LogP contribution in [0.1, 0.15) is 21.6 Å². The van der Waals surface area contributed by atoms with E-state index in [-0.39, 0.29) is 17.8 Å². The summed E-state index contributed by atoms with van der Waals surface area (Å²) >= 11 is 6.04. The number of para-hydroxylation sites is 1. The van der Waals surface area contributed by atoms with Gasteiger partial charge >= 0.3 is 0 Å². The number of hydrogen-bond donors (Lipinski definition) is 1. The molecule has 4 rings (SSSR count). The van der Waals surface area contributed by atoms with Gasteiger partial charge in [0, 0.05) is 17.6 Å². The highest BCUT2D eigenvalue weighted by molar-refractivity contribution is 7.92. The zero-order chi connectivity index (χ0) is 26.0. The number of amides is 1. The van der Waals surface area contributed by atoms with Gasteiger partial charge in [0.05, 0.1) is 29.9 Å². The summed E-state index contributed by atoms with van der Waals surface area (Å²) in [6, 6.07) is 22.3. The largest absolute Gasteiger partial charge is 0.316 e. The van der Waals surface area contributed by atoms with E-state index in [9.17, 15) is 18.0 Å². The predicted molar refractivity (Wildman–Crippen MR) is 143 cm³/mol. The van der Waals surface area contributed by atoms with E-state index in [2.05, 4.69) is 5.32 Å². The molecule has 1 aromatic heterocycles. The first-order chi connectivity index (χ1) is 17.1. The lowest BCUT2D eigenvalue weighted by Gasteiger charge is -2.22. The standard InChI is InChI=1S/C26H25ClN4O4S/c1-18-24(26(33)31(29(18)2)22-9-5-4-6-10-22)28-25(32)20-14-12-19(13-15-20)17-30(36(3,34)35)23-11-7-8-21(27)16-23/h4-16H,17H2,1-3H3,(H,28,32). The average Bonchev–Trinajstić information content (AvgIpc) is 3.05. The molecule has 0 saturated carbocycles. The van der Waals surface area contributed by atoms with Crippen LogP contribution in [0.15, 0.2) is 83.7 Å². The summed E-state index contributed by atoms with van der Waals surface area (Å²) < 4.78 is 29.2. The molecular formula is C26H25ClN4O4S. The maximum absolute atomic E-state index is 13.1. The molecule has 0 aliphatic rings. The number of benzene rings is 3. The van der Waals surface area contributed by atoms with Crippen LogP contribution in [0.3, 0.4) is 0 Å². The molecule has 10 heteroatoms. The Bertz CT molecular complexity index is 1580. The quantitative estimate of drug-likeness (QED) is 0.389. The first-order valence-corrected chi connectivity index (χ1v) is 13.3. The third-order valence-electron chi connectivity index (χ3n) is 5.83. The van der Waals surface area contributed by atoms with E-state index in [1.165, 1.54) is 8.99 Å². The molecule has 1 amide bonds. The van der Waals surface area contributed by atoms with Crippen molar-refractivity contribution in [1.82, 2.24) is 9.36 Å². The fraction of sp³-hybridized carbons (Fsp3) is 0.154. The average molecular weight is 525 g/mol. The summed E-state index contributed by atoms with van der Waals surface area (Å²) in [5, 5.41) is 3.15. The lowest BCUT2D eigenvalue weighted by molar-refractivity contribution is 0.102. The fourth-order valence-electron chi connectivity index (χ4n) is 3.86. The van der Waals surface area contributed by atoms with Gasteiger partial charge in [-0.3, -0.25) is 18.6 Å². The van der Waals surface area contributed by atoms with E-state index in [1.54, 1.807) is 67.2 Å². The number of nitrogens with zero attached hydrogens (tertiary/aromatic N) is 3. The highest BCUT2D eigenvalue weighted by Crippen LogP contribution is 2.24. The Morgan fingerprint density at radius 3 is 2.28 bits per heavy atom. The molecule has 0 saturated heterocycles. The van der Waals surface area contributed by atoms with Gasteiger partial charge in [0.15, 0.2) is 0 Å². The van der Waals surface area contributed by atoms with Gasteiger partial charge in [0.1, 0.15) is 5.69 Å². The molecule has 1 N–H and O–H groups in total. The molecule has 0 aliphatic carbocycles. The van der Waals surface area contributed by atoms with Gasteiger partial charge in [0.2, 0.25) is 10.0 Å². The van der Waals surface area contributed by atoms with E-state index >= 15 is 0 Å². The minimum atomic E-state index is -3.58. The normalized spacial score (nSPS) is 11.3. The van der Waals surface area contributed by atoms with Crippen molar-refractivity contribution in [3.05, 3.63) is 111 Å². The lowest BCUT2D eigenvalue weighted by atomic mass is 10.1. The highest BCUT2D eigenvalue weighted by Gasteiger charge is 2.20. The van der Waals surface area contributed by atoms with Crippen LogP contribution in [0.4, 0.5) is 11.4 Å². The smallest absolute Gasteiger partial charge is 0.295 e. The second-order valence-electron chi connectivity index (χ2n) is 8.34. The molecule has 0 spiro atoms. The third kappa shape index (κ3) is 5.22. The first kappa shape index (κ1) is 25.3. The van der Waals surface area contributed by atoms with Crippen molar-refractivity contribution in [3.63, 3.8) is 0 Å². The van der Waals surface area contributed by atoms with E-state index in [4.69, 9.17) is 11.6 Å². The fourth-order valence-corrected chi connectivity index (χ4v) is 4.92. The summed E-state index contributed by atoms with van der Waals surface area (Å²) in [6.07, 6.45) is 1.13. The molecule has 0 fully saturated rings.